The smallest absolute Gasteiger partial charge is 0.379 e. The molecule has 41 heavy (non-hydrogen) atoms. The van der Waals surface area contributed by atoms with Crippen LogP contribution in [-0.4, -0.2) is 49.4 Å². The lowest BCUT2D eigenvalue weighted by atomic mass is 9.77. The molecule has 3 N–H and O–H groups in total. The molecule has 9 heteroatoms. The summed E-state index contributed by atoms with van der Waals surface area (Å²) in [5.41, 5.74) is 3.31. The number of nitrogens with zero attached hydrogens (tertiary/aromatic N) is 1. The van der Waals surface area contributed by atoms with Crippen molar-refractivity contribution in [3.63, 3.8) is 0 Å². The number of alkyl halides is 3. The summed E-state index contributed by atoms with van der Waals surface area (Å²) in [6.45, 7) is 9.54. The first-order valence-electron chi connectivity index (χ1n) is 14.4. The monoisotopic (exact) mass is 570 g/mol. The highest BCUT2D eigenvalue weighted by Crippen LogP contribution is 2.37. The zero-order valence-electron chi connectivity index (χ0n) is 24.1. The fraction of sp³-hybridized carbons (Fsp3) is 0.500. The van der Waals surface area contributed by atoms with Gasteiger partial charge in [-0.15, -0.1) is 0 Å². The van der Waals surface area contributed by atoms with Crippen molar-refractivity contribution in [2.45, 2.75) is 65.1 Å². The number of allylic oxidation sites excluding steroid dienone is 6. The second kappa shape index (κ2) is 13.7. The molecule has 1 aliphatic heterocycles. The zero-order valence-corrected chi connectivity index (χ0v) is 24.1. The first kappa shape index (κ1) is 30.8. The van der Waals surface area contributed by atoms with Gasteiger partial charge in [-0.25, -0.2) is 0 Å². The van der Waals surface area contributed by atoms with Crippen LogP contribution in [0.5, 0.6) is 0 Å². The van der Waals surface area contributed by atoms with E-state index in [-0.39, 0.29) is 11.5 Å². The van der Waals surface area contributed by atoms with Gasteiger partial charge in [-0.1, -0.05) is 19.1 Å². The van der Waals surface area contributed by atoms with Crippen molar-refractivity contribution in [2.24, 2.45) is 11.8 Å². The van der Waals surface area contributed by atoms with Gasteiger partial charge in [0.25, 0.3) is 5.91 Å². The van der Waals surface area contributed by atoms with E-state index in [2.05, 4.69) is 35.5 Å². The van der Waals surface area contributed by atoms with Crippen LogP contribution in [-0.2, 0) is 15.7 Å². The van der Waals surface area contributed by atoms with E-state index in [9.17, 15) is 18.0 Å². The van der Waals surface area contributed by atoms with Crippen molar-refractivity contribution in [1.82, 2.24) is 10.2 Å². The standard InChI is InChI=1S/C32H41F3N4O2/c1-21-4-13-29(24-5-11-28(12-6-24)39-14-16-41-17-15-39)22(2)19-27(18-21)38-31(40)30(20-36)23(3)37-26-9-7-25(8-10-26)32(33,34)35/h7-10,13,18-21,24,28,36-37H,4-6,11-12,14-17H2,1-3H3,(H,38,40)/b22-19-,27-18+,29-13-,30-23+,36-20?/t21?,24-,28-. The summed E-state index contributed by atoms with van der Waals surface area (Å²) in [4.78, 5) is 15.8. The topological polar surface area (TPSA) is 77.5 Å². The molecule has 1 aromatic carbocycles. The molecule has 0 aromatic heterocycles. The molecular weight excluding hydrogens is 529 g/mol. The van der Waals surface area contributed by atoms with Crippen LogP contribution in [0, 0.1) is 17.2 Å². The maximum atomic E-state index is 13.2. The fourth-order valence-corrected chi connectivity index (χ4v) is 6.04. The molecule has 1 saturated heterocycles. The van der Waals surface area contributed by atoms with Gasteiger partial charge in [-0.05, 0) is 99.3 Å². The Labute approximate surface area is 240 Å². The summed E-state index contributed by atoms with van der Waals surface area (Å²) in [6.07, 6.45) is 8.50. The maximum Gasteiger partial charge on any atom is 0.416 e. The third-order valence-electron chi connectivity index (χ3n) is 8.29. The third kappa shape index (κ3) is 8.20. The molecule has 222 valence electrons. The molecule has 1 unspecified atom stereocenters. The Morgan fingerprint density at radius 3 is 2.34 bits per heavy atom. The molecule has 0 bridgehead atoms. The number of morpholine rings is 1. The van der Waals surface area contributed by atoms with Crippen LogP contribution in [0.1, 0.15) is 58.4 Å². The van der Waals surface area contributed by atoms with Crippen LogP contribution >= 0.6 is 0 Å². The van der Waals surface area contributed by atoms with E-state index in [4.69, 9.17) is 10.1 Å². The minimum atomic E-state index is -4.42. The Balaban J connectivity index is 1.43. The van der Waals surface area contributed by atoms with Crippen molar-refractivity contribution in [2.75, 3.05) is 31.6 Å². The molecule has 2 aliphatic carbocycles. The molecule has 1 atom stereocenters. The maximum absolute atomic E-state index is 13.2. The number of amides is 1. The Morgan fingerprint density at radius 2 is 1.73 bits per heavy atom. The first-order chi connectivity index (χ1) is 19.5. The van der Waals surface area contributed by atoms with E-state index < -0.39 is 17.6 Å². The largest absolute Gasteiger partial charge is 0.416 e. The molecule has 0 spiro atoms. The van der Waals surface area contributed by atoms with Crippen LogP contribution in [0.4, 0.5) is 18.9 Å². The van der Waals surface area contributed by atoms with Crippen molar-refractivity contribution in [3.05, 3.63) is 76.2 Å². The third-order valence-corrected chi connectivity index (χ3v) is 8.29. The van der Waals surface area contributed by atoms with Gasteiger partial charge in [0.2, 0.25) is 0 Å². The van der Waals surface area contributed by atoms with Gasteiger partial charge in [0.1, 0.15) is 0 Å². The Bertz CT molecular complexity index is 1220. The Morgan fingerprint density at radius 1 is 1.07 bits per heavy atom. The summed E-state index contributed by atoms with van der Waals surface area (Å²) < 4.78 is 44.2. The summed E-state index contributed by atoms with van der Waals surface area (Å²) in [6, 6.07) is 5.20. The second-order valence-electron chi connectivity index (χ2n) is 11.3. The number of ether oxygens (including phenoxy) is 1. The lowest BCUT2D eigenvalue weighted by Gasteiger charge is -2.39. The van der Waals surface area contributed by atoms with Gasteiger partial charge in [0, 0.05) is 42.4 Å². The summed E-state index contributed by atoms with van der Waals surface area (Å²) in [5.74, 6) is 0.266. The van der Waals surface area contributed by atoms with E-state index >= 15 is 0 Å². The highest BCUT2D eigenvalue weighted by Gasteiger charge is 2.31. The molecule has 3 aliphatic rings. The van der Waals surface area contributed by atoms with Gasteiger partial charge < -0.3 is 20.8 Å². The second-order valence-corrected chi connectivity index (χ2v) is 11.3. The van der Waals surface area contributed by atoms with E-state index in [0.29, 0.717) is 29.0 Å². The van der Waals surface area contributed by atoms with Crippen molar-refractivity contribution in [3.8, 4) is 0 Å². The molecule has 4 rings (SSSR count). The minimum Gasteiger partial charge on any atom is -0.379 e. The van der Waals surface area contributed by atoms with Crippen LogP contribution < -0.4 is 10.6 Å². The average molecular weight is 571 g/mol. The van der Waals surface area contributed by atoms with E-state index in [0.717, 1.165) is 69.5 Å². The highest BCUT2D eigenvalue weighted by molar-refractivity contribution is 6.13. The van der Waals surface area contributed by atoms with Gasteiger partial charge in [-0.2, -0.15) is 13.2 Å². The van der Waals surface area contributed by atoms with Crippen molar-refractivity contribution in [1.29, 1.82) is 5.41 Å². The SMILES string of the molecule is CC1=C/C(NC(=O)/C(C=N)=C(\C)Nc2ccc(C(F)(F)F)cc2)=C\C(C)C\C=C\1[C@H]1CC[C@H](N2CCOCC2)CC1. The van der Waals surface area contributed by atoms with Gasteiger partial charge in [0.05, 0.1) is 24.4 Å². The number of halogens is 3. The number of hydrogen-bond donors (Lipinski definition) is 3. The predicted octanol–water partition coefficient (Wildman–Crippen LogP) is 6.84. The summed E-state index contributed by atoms with van der Waals surface area (Å²) >= 11 is 0. The number of benzene rings is 1. The molecule has 1 aromatic rings. The van der Waals surface area contributed by atoms with Crippen LogP contribution in [0.15, 0.2) is 70.6 Å². The molecule has 0 radical (unpaired) electrons. The van der Waals surface area contributed by atoms with E-state index in [1.54, 1.807) is 6.92 Å². The van der Waals surface area contributed by atoms with E-state index in [1.165, 1.54) is 30.5 Å². The molecule has 1 saturated carbocycles. The zero-order chi connectivity index (χ0) is 29.6. The number of nitrogens with one attached hydrogen (secondary N) is 3. The Kier molecular flexibility index (Phi) is 10.3. The molecule has 2 fully saturated rings. The first-order valence-corrected chi connectivity index (χ1v) is 14.4. The van der Waals surface area contributed by atoms with Gasteiger partial charge >= 0.3 is 6.18 Å². The normalized spacial score (nSPS) is 28.8. The molecular formula is C32H41F3N4O2. The van der Waals surface area contributed by atoms with Crippen LogP contribution in [0.3, 0.4) is 0 Å². The minimum absolute atomic E-state index is 0.101. The lowest BCUT2D eigenvalue weighted by Crippen LogP contribution is -2.45. The number of carbonyl (C=O) groups excluding carboxylic acids is 1. The predicted molar refractivity (Wildman–Crippen MR) is 157 cm³/mol. The van der Waals surface area contributed by atoms with E-state index in [1.807, 2.05) is 12.2 Å². The van der Waals surface area contributed by atoms with Crippen LogP contribution in [0.25, 0.3) is 0 Å². The van der Waals surface area contributed by atoms with Crippen LogP contribution in [0.2, 0.25) is 0 Å². The summed E-state index contributed by atoms with van der Waals surface area (Å²) in [7, 11) is 0. The Hall–Kier alpha value is -3.17. The highest BCUT2D eigenvalue weighted by atomic mass is 19.4. The molecule has 1 heterocycles. The van der Waals surface area contributed by atoms with Crippen molar-refractivity contribution >= 4 is 17.8 Å². The number of hydrogen-bond acceptors (Lipinski definition) is 5. The number of anilines is 1. The quantitative estimate of drug-likeness (QED) is 0.248. The average Bonchev–Trinajstić information content (AvgIpc) is 2.93. The molecule has 6 nitrogen and oxygen atoms in total. The van der Waals surface area contributed by atoms with Crippen molar-refractivity contribution < 1.29 is 22.7 Å². The molecule has 1 amide bonds. The summed E-state index contributed by atoms with van der Waals surface area (Å²) in [5, 5.41) is 13.8. The number of carbonyl (C=O) groups is 1. The van der Waals surface area contributed by atoms with Gasteiger partial charge in [0.15, 0.2) is 0 Å². The fourth-order valence-electron chi connectivity index (χ4n) is 6.04. The van der Waals surface area contributed by atoms with Gasteiger partial charge in [-0.3, -0.25) is 9.69 Å². The lowest BCUT2D eigenvalue weighted by molar-refractivity contribution is -0.137. The number of rotatable bonds is 7.